The fourth-order valence-electron chi connectivity index (χ4n) is 8.05. The highest BCUT2D eigenvalue weighted by molar-refractivity contribution is 6.21. The Kier molecular flexibility index (Phi) is 9.41. The molecule has 0 spiro atoms. The summed E-state index contributed by atoms with van der Waals surface area (Å²) in [7, 11) is 0. The van der Waals surface area contributed by atoms with Gasteiger partial charge in [-0.2, -0.15) is 0 Å². The van der Waals surface area contributed by atoms with Gasteiger partial charge in [-0.1, -0.05) is 176 Å². The molecule has 6 nitrogen and oxygen atoms in total. The van der Waals surface area contributed by atoms with Crippen molar-refractivity contribution >= 4 is 50.4 Å². The number of fused-ring (bicyclic) bond motifs is 6. The highest BCUT2D eigenvalue weighted by Crippen LogP contribution is 2.52. The lowest BCUT2D eigenvalue weighted by molar-refractivity contribution is 0.830. The van der Waals surface area contributed by atoms with E-state index in [9.17, 15) is 0 Å². The van der Waals surface area contributed by atoms with Crippen LogP contribution in [0, 0.1) is 0 Å². The SMILES string of the molecule is NC(=NC(=NCc1ccc(-c2ccc(C3Nc4c(c5ccccc5c5ncccc45)N3c3ccccc3)cc2)cc1)c1ccccc1)c1ccc(-c2ccccc2)cc1. The minimum absolute atomic E-state index is 0.111. The summed E-state index contributed by atoms with van der Waals surface area (Å²) >= 11 is 0. The van der Waals surface area contributed by atoms with E-state index < -0.39 is 0 Å². The molecule has 10 rings (SSSR count). The maximum absolute atomic E-state index is 6.59. The standard InChI is InChI=1S/C53H40N6/c54-51(41-30-26-39(27-31-41)37-13-4-1-5-14-37)58-52(42-15-6-2-7-16-42)56-35-36-22-24-38(25-23-36)40-28-32-43(33-29-40)53-57-49-47-21-12-34-55-48(47)45-19-10-11-20-46(45)50(49)59(53)44-17-8-3-9-18-44/h1-34,53,57H,35H2,(H2,54,56,58). The summed E-state index contributed by atoms with van der Waals surface area (Å²) in [6.07, 6.45) is 1.77. The molecule has 9 aromatic rings. The molecule has 1 unspecified atom stereocenters. The van der Waals surface area contributed by atoms with E-state index in [-0.39, 0.29) is 6.17 Å². The van der Waals surface area contributed by atoms with E-state index in [4.69, 9.17) is 20.7 Å². The topological polar surface area (TPSA) is 78.9 Å². The Morgan fingerprint density at radius 3 is 1.80 bits per heavy atom. The van der Waals surface area contributed by atoms with Crippen LogP contribution in [0.5, 0.6) is 0 Å². The van der Waals surface area contributed by atoms with E-state index in [0.717, 1.165) is 66.6 Å². The molecule has 0 amide bonds. The number of hydrogen-bond acceptors (Lipinski definition) is 4. The van der Waals surface area contributed by atoms with Gasteiger partial charge in [-0.05, 0) is 57.6 Å². The van der Waals surface area contributed by atoms with Crippen molar-refractivity contribution in [2.45, 2.75) is 12.7 Å². The van der Waals surface area contributed by atoms with Crippen LogP contribution in [-0.2, 0) is 6.54 Å². The summed E-state index contributed by atoms with van der Waals surface area (Å²) in [5.41, 5.74) is 19.6. The fraction of sp³-hybridized carbons (Fsp3) is 0.0377. The van der Waals surface area contributed by atoms with Crippen LogP contribution in [0.3, 0.4) is 0 Å². The zero-order chi connectivity index (χ0) is 39.5. The molecule has 0 aliphatic carbocycles. The van der Waals surface area contributed by atoms with Gasteiger partial charge in [0.1, 0.15) is 12.0 Å². The number of nitrogens with one attached hydrogen (secondary N) is 1. The van der Waals surface area contributed by atoms with Gasteiger partial charge in [-0.15, -0.1) is 0 Å². The molecule has 59 heavy (non-hydrogen) atoms. The number of benzene rings is 8. The maximum atomic E-state index is 6.59. The summed E-state index contributed by atoms with van der Waals surface area (Å²) in [4.78, 5) is 17.1. The average Bonchev–Trinajstić information content (AvgIpc) is 3.73. The van der Waals surface area contributed by atoms with Crippen molar-refractivity contribution in [2.24, 2.45) is 15.7 Å². The normalized spacial score (nSPS) is 14.0. The minimum Gasteiger partial charge on any atom is -0.383 e. The second kappa shape index (κ2) is 15.6. The zero-order valence-electron chi connectivity index (χ0n) is 32.3. The van der Waals surface area contributed by atoms with Crippen LogP contribution in [0.4, 0.5) is 17.1 Å². The van der Waals surface area contributed by atoms with E-state index in [1.165, 1.54) is 16.6 Å². The third-order valence-corrected chi connectivity index (χ3v) is 11.0. The molecule has 0 saturated heterocycles. The van der Waals surface area contributed by atoms with E-state index in [1.54, 1.807) is 0 Å². The first-order valence-corrected chi connectivity index (χ1v) is 19.9. The third kappa shape index (κ3) is 6.98. The van der Waals surface area contributed by atoms with Crippen LogP contribution >= 0.6 is 0 Å². The molecule has 1 aliphatic rings. The monoisotopic (exact) mass is 760 g/mol. The van der Waals surface area contributed by atoms with Gasteiger partial charge in [0.15, 0.2) is 5.84 Å². The number of amidine groups is 2. The van der Waals surface area contributed by atoms with Crippen molar-refractivity contribution in [2.75, 3.05) is 10.2 Å². The molecule has 8 aromatic carbocycles. The number of hydrogen-bond donors (Lipinski definition) is 2. The Hall–Kier alpha value is -7.83. The molecule has 0 saturated carbocycles. The molecule has 1 aliphatic heterocycles. The smallest absolute Gasteiger partial charge is 0.157 e. The quantitative estimate of drug-likeness (QED) is 0.0918. The predicted molar refractivity (Wildman–Crippen MR) is 245 cm³/mol. The number of nitrogens with two attached hydrogens (primary N) is 1. The second-order valence-electron chi connectivity index (χ2n) is 14.7. The molecule has 0 bridgehead atoms. The van der Waals surface area contributed by atoms with Gasteiger partial charge >= 0.3 is 0 Å². The molecule has 1 aromatic heterocycles. The van der Waals surface area contributed by atoms with Crippen molar-refractivity contribution in [1.82, 2.24) is 4.98 Å². The summed E-state index contributed by atoms with van der Waals surface area (Å²) in [6, 6.07) is 69.4. The van der Waals surface area contributed by atoms with Crippen LogP contribution < -0.4 is 16.0 Å². The summed E-state index contributed by atoms with van der Waals surface area (Å²) < 4.78 is 0. The van der Waals surface area contributed by atoms with Crippen molar-refractivity contribution in [3.8, 4) is 22.3 Å². The van der Waals surface area contributed by atoms with Crippen molar-refractivity contribution in [3.63, 3.8) is 0 Å². The lowest BCUT2D eigenvalue weighted by Crippen LogP contribution is -2.23. The van der Waals surface area contributed by atoms with Gasteiger partial charge in [0.25, 0.3) is 0 Å². The van der Waals surface area contributed by atoms with Gasteiger partial charge < -0.3 is 16.0 Å². The largest absolute Gasteiger partial charge is 0.383 e. The number of para-hydroxylation sites is 1. The summed E-state index contributed by atoms with van der Waals surface area (Å²) in [6.45, 7) is 0.468. The Bertz CT molecular complexity index is 2960. The second-order valence-corrected chi connectivity index (χ2v) is 14.7. The molecule has 2 heterocycles. The minimum atomic E-state index is -0.111. The number of anilines is 3. The molecule has 282 valence electrons. The van der Waals surface area contributed by atoms with Gasteiger partial charge in [-0.3, -0.25) is 9.98 Å². The molecular formula is C53H40N6. The Morgan fingerprint density at radius 2 is 1.10 bits per heavy atom. The van der Waals surface area contributed by atoms with Gasteiger partial charge in [-0.25, -0.2) is 4.99 Å². The van der Waals surface area contributed by atoms with Crippen molar-refractivity contribution < 1.29 is 0 Å². The Labute approximate surface area is 343 Å². The molecule has 1 atom stereocenters. The predicted octanol–water partition coefficient (Wildman–Crippen LogP) is 12.3. The molecule has 6 heteroatoms. The zero-order valence-corrected chi connectivity index (χ0v) is 32.3. The van der Waals surface area contributed by atoms with E-state index >= 15 is 0 Å². The highest BCUT2D eigenvalue weighted by Gasteiger charge is 2.34. The molecule has 3 N–H and O–H groups in total. The molecular weight excluding hydrogens is 721 g/mol. The van der Waals surface area contributed by atoms with Crippen molar-refractivity contribution in [1.29, 1.82) is 0 Å². The van der Waals surface area contributed by atoms with Crippen LogP contribution in [0.15, 0.2) is 216 Å². The number of rotatable bonds is 8. The lowest BCUT2D eigenvalue weighted by Gasteiger charge is -2.28. The molecule has 0 radical (unpaired) electrons. The summed E-state index contributed by atoms with van der Waals surface area (Å²) in [5, 5.41) is 7.36. The highest BCUT2D eigenvalue weighted by atomic mass is 15.3. The maximum Gasteiger partial charge on any atom is 0.157 e. The summed E-state index contributed by atoms with van der Waals surface area (Å²) in [5.74, 6) is 1.02. The number of aromatic nitrogens is 1. The first kappa shape index (κ1) is 35.6. The van der Waals surface area contributed by atoms with Gasteiger partial charge in [0, 0.05) is 39.2 Å². The van der Waals surface area contributed by atoms with Gasteiger partial charge in [0.2, 0.25) is 0 Å². The van der Waals surface area contributed by atoms with E-state index in [1.807, 2.05) is 72.9 Å². The Morgan fingerprint density at radius 1 is 0.542 bits per heavy atom. The molecule has 0 fully saturated rings. The van der Waals surface area contributed by atoms with Crippen LogP contribution in [0.1, 0.15) is 28.4 Å². The number of pyridine rings is 1. The van der Waals surface area contributed by atoms with Gasteiger partial charge in [0.05, 0.1) is 23.4 Å². The van der Waals surface area contributed by atoms with E-state index in [0.29, 0.717) is 18.2 Å². The fourth-order valence-corrected chi connectivity index (χ4v) is 8.05. The van der Waals surface area contributed by atoms with Crippen LogP contribution in [0.25, 0.3) is 43.9 Å². The lowest BCUT2D eigenvalue weighted by atomic mass is 10.0. The Balaban J connectivity index is 0.908. The van der Waals surface area contributed by atoms with Crippen LogP contribution in [-0.4, -0.2) is 16.7 Å². The van der Waals surface area contributed by atoms with Crippen molar-refractivity contribution in [3.05, 3.63) is 229 Å². The number of aliphatic imine (C=N–C) groups is 2. The van der Waals surface area contributed by atoms with Crippen LogP contribution in [0.2, 0.25) is 0 Å². The number of nitrogens with zero attached hydrogens (tertiary/aromatic N) is 4. The first-order chi connectivity index (χ1) is 29.2. The first-order valence-electron chi connectivity index (χ1n) is 19.9. The average molecular weight is 761 g/mol. The third-order valence-electron chi connectivity index (χ3n) is 11.0. The van der Waals surface area contributed by atoms with E-state index in [2.05, 4.69) is 144 Å².